The summed E-state index contributed by atoms with van der Waals surface area (Å²) in [5.74, 6) is -1.00. The SMILES string of the molecule is CCOC(=O)C(C#N)CC[Se]c1ccccc1. The molecule has 0 saturated heterocycles. The van der Waals surface area contributed by atoms with Crippen molar-refractivity contribution < 1.29 is 9.53 Å². The van der Waals surface area contributed by atoms with Crippen molar-refractivity contribution in [3.8, 4) is 6.07 Å². The Labute approximate surface area is 108 Å². The molecule has 0 aliphatic heterocycles. The van der Waals surface area contributed by atoms with Crippen LogP contribution in [0.2, 0.25) is 5.32 Å². The minimum absolute atomic E-state index is 0.322. The molecule has 17 heavy (non-hydrogen) atoms. The van der Waals surface area contributed by atoms with Crippen LogP contribution >= 0.6 is 0 Å². The standard InChI is InChI=1S/C13H15NO2Se/c1-2-16-13(15)11(10-14)8-9-17-12-6-4-3-5-7-12/h3-7,11H,2,8-9H2,1H3. The van der Waals surface area contributed by atoms with Crippen LogP contribution in [0.4, 0.5) is 0 Å². The molecule has 4 heteroatoms. The van der Waals surface area contributed by atoms with E-state index >= 15 is 0 Å². The molecule has 0 radical (unpaired) electrons. The predicted molar refractivity (Wildman–Crippen MR) is 67.0 cm³/mol. The van der Waals surface area contributed by atoms with Crippen LogP contribution in [0.25, 0.3) is 0 Å². The number of hydrogen-bond donors (Lipinski definition) is 0. The van der Waals surface area contributed by atoms with E-state index in [1.54, 1.807) is 6.92 Å². The first-order valence-electron chi connectivity index (χ1n) is 5.52. The number of nitrogens with zero attached hydrogens (tertiary/aromatic N) is 1. The summed E-state index contributed by atoms with van der Waals surface area (Å²) in [6.07, 6.45) is 0.588. The van der Waals surface area contributed by atoms with Gasteiger partial charge in [0, 0.05) is 0 Å². The summed E-state index contributed by atoms with van der Waals surface area (Å²) in [5, 5.41) is 9.76. The molecule has 0 aliphatic rings. The first-order chi connectivity index (χ1) is 8.27. The van der Waals surface area contributed by atoms with Gasteiger partial charge < -0.3 is 0 Å². The van der Waals surface area contributed by atoms with E-state index < -0.39 is 5.92 Å². The molecule has 0 fully saturated rings. The number of carbonyl (C=O) groups excluding carboxylic acids is 1. The van der Waals surface area contributed by atoms with Crippen molar-refractivity contribution in [1.29, 1.82) is 5.26 Å². The van der Waals surface area contributed by atoms with Crippen molar-refractivity contribution in [2.75, 3.05) is 6.61 Å². The van der Waals surface area contributed by atoms with Crippen LogP contribution in [0.1, 0.15) is 13.3 Å². The molecule has 90 valence electrons. The zero-order chi connectivity index (χ0) is 12.5. The second-order valence-electron chi connectivity index (χ2n) is 3.38. The average molecular weight is 296 g/mol. The second kappa shape index (κ2) is 7.89. The molecule has 1 atom stereocenters. The van der Waals surface area contributed by atoms with Crippen LogP contribution in [-0.4, -0.2) is 27.5 Å². The summed E-state index contributed by atoms with van der Waals surface area (Å²) < 4.78 is 6.14. The molecule has 1 unspecified atom stereocenters. The minimum atomic E-state index is -0.611. The van der Waals surface area contributed by atoms with Gasteiger partial charge in [-0.1, -0.05) is 0 Å². The van der Waals surface area contributed by atoms with E-state index in [4.69, 9.17) is 10.00 Å². The second-order valence-corrected chi connectivity index (χ2v) is 5.84. The fourth-order valence-electron chi connectivity index (χ4n) is 1.29. The van der Waals surface area contributed by atoms with Gasteiger partial charge in [-0.25, -0.2) is 0 Å². The summed E-state index contributed by atoms with van der Waals surface area (Å²) in [5.41, 5.74) is 0. The molecular weight excluding hydrogens is 281 g/mol. The van der Waals surface area contributed by atoms with E-state index in [-0.39, 0.29) is 5.97 Å². The van der Waals surface area contributed by atoms with Crippen molar-refractivity contribution in [2.45, 2.75) is 18.7 Å². The molecule has 0 aromatic heterocycles. The topological polar surface area (TPSA) is 50.1 Å². The summed E-state index contributed by atoms with van der Waals surface area (Å²) in [6, 6.07) is 12.1. The summed E-state index contributed by atoms with van der Waals surface area (Å²) in [4.78, 5) is 11.4. The summed E-state index contributed by atoms with van der Waals surface area (Å²) in [6.45, 7) is 2.08. The third kappa shape index (κ3) is 5.03. The monoisotopic (exact) mass is 297 g/mol. The van der Waals surface area contributed by atoms with E-state index in [1.807, 2.05) is 24.3 Å². The molecule has 0 spiro atoms. The maximum atomic E-state index is 11.4. The molecule has 0 bridgehead atoms. The van der Waals surface area contributed by atoms with E-state index in [1.165, 1.54) is 4.46 Å². The van der Waals surface area contributed by atoms with Gasteiger partial charge in [0.2, 0.25) is 0 Å². The first-order valence-corrected chi connectivity index (χ1v) is 7.58. The molecule has 3 nitrogen and oxygen atoms in total. The summed E-state index contributed by atoms with van der Waals surface area (Å²) in [7, 11) is 0. The van der Waals surface area contributed by atoms with Gasteiger partial charge in [-0.15, -0.1) is 0 Å². The number of nitriles is 1. The molecule has 0 aliphatic carbocycles. The Hall–Kier alpha value is -1.30. The summed E-state index contributed by atoms with van der Waals surface area (Å²) >= 11 is 0.322. The maximum absolute atomic E-state index is 11.4. The molecule has 1 aromatic rings. The van der Waals surface area contributed by atoms with Gasteiger partial charge >= 0.3 is 108 Å². The van der Waals surface area contributed by atoms with Gasteiger partial charge in [-0.2, -0.15) is 0 Å². The fourth-order valence-corrected chi connectivity index (χ4v) is 3.26. The number of benzene rings is 1. The van der Waals surface area contributed by atoms with Crippen LogP contribution in [0.15, 0.2) is 30.3 Å². The Bertz CT molecular complexity index is 386. The number of hydrogen-bond acceptors (Lipinski definition) is 3. The molecule has 0 amide bonds. The van der Waals surface area contributed by atoms with E-state index in [2.05, 4.69) is 12.1 Å². The van der Waals surface area contributed by atoms with Gasteiger partial charge in [-0.3, -0.25) is 0 Å². The quantitative estimate of drug-likeness (QED) is 0.591. The van der Waals surface area contributed by atoms with Crippen molar-refractivity contribution in [1.82, 2.24) is 0 Å². The number of carbonyl (C=O) groups is 1. The Balaban J connectivity index is 2.34. The third-order valence-corrected chi connectivity index (χ3v) is 4.34. The molecule has 1 aromatic carbocycles. The number of rotatable bonds is 6. The van der Waals surface area contributed by atoms with Crippen LogP contribution in [0, 0.1) is 17.2 Å². The average Bonchev–Trinajstić information content (AvgIpc) is 2.36. The third-order valence-electron chi connectivity index (χ3n) is 2.15. The van der Waals surface area contributed by atoms with Gasteiger partial charge in [0.05, 0.1) is 0 Å². The van der Waals surface area contributed by atoms with Gasteiger partial charge in [0.25, 0.3) is 0 Å². The Morgan fingerprint density at radius 1 is 1.47 bits per heavy atom. The Morgan fingerprint density at radius 2 is 2.18 bits per heavy atom. The van der Waals surface area contributed by atoms with E-state index in [9.17, 15) is 4.79 Å². The van der Waals surface area contributed by atoms with Gasteiger partial charge in [-0.05, 0) is 0 Å². The molecule has 0 heterocycles. The predicted octanol–water partition coefficient (Wildman–Crippen LogP) is 1.53. The normalized spacial score (nSPS) is 11.5. The van der Waals surface area contributed by atoms with Crippen molar-refractivity contribution in [3.63, 3.8) is 0 Å². The van der Waals surface area contributed by atoms with Crippen LogP contribution in [0.5, 0.6) is 0 Å². The van der Waals surface area contributed by atoms with Crippen LogP contribution < -0.4 is 4.46 Å². The molecule has 1 rings (SSSR count). The van der Waals surface area contributed by atoms with Crippen molar-refractivity contribution >= 4 is 25.4 Å². The van der Waals surface area contributed by atoms with Crippen LogP contribution in [-0.2, 0) is 9.53 Å². The molecule has 0 saturated carbocycles. The van der Waals surface area contributed by atoms with E-state index in [0.717, 1.165) is 5.32 Å². The van der Waals surface area contributed by atoms with Gasteiger partial charge in [0.1, 0.15) is 0 Å². The Kier molecular flexibility index (Phi) is 6.39. The van der Waals surface area contributed by atoms with Crippen molar-refractivity contribution in [2.24, 2.45) is 5.92 Å². The fraction of sp³-hybridized carbons (Fsp3) is 0.385. The van der Waals surface area contributed by atoms with Gasteiger partial charge in [0.15, 0.2) is 0 Å². The molecular formula is C13H15NO2Se. The van der Waals surface area contributed by atoms with Crippen LogP contribution in [0.3, 0.4) is 0 Å². The van der Waals surface area contributed by atoms with E-state index in [0.29, 0.717) is 28.0 Å². The van der Waals surface area contributed by atoms with Crippen molar-refractivity contribution in [3.05, 3.63) is 30.3 Å². The zero-order valence-corrected chi connectivity index (χ0v) is 11.5. The zero-order valence-electron chi connectivity index (χ0n) is 9.76. The number of esters is 1. The Morgan fingerprint density at radius 3 is 2.76 bits per heavy atom. The number of ether oxygens (including phenoxy) is 1. The first kappa shape index (κ1) is 13.8. The molecule has 0 N–H and O–H groups in total.